The highest BCUT2D eigenvalue weighted by Gasteiger charge is 2.54. The van der Waals surface area contributed by atoms with E-state index in [-0.39, 0.29) is 31.8 Å². The van der Waals surface area contributed by atoms with Gasteiger partial charge in [-0.15, -0.1) is 0 Å². The van der Waals surface area contributed by atoms with E-state index in [0.717, 1.165) is 0 Å². The first kappa shape index (κ1) is 36.6. The van der Waals surface area contributed by atoms with Crippen LogP contribution in [0.25, 0.3) is 0 Å². The van der Waals surface area contributed by atoms with E-state index in [9.17, 15) is 40.5 Å². The average Bonchev–Trinajstić information content (AvgIpc) is 2.99. The fourth-order valence-electron chi connectivity index (χ4n) is 6.40. The van der Waals surface area contributed by atoms with E-state index in [1.807, 2.05) is 0 Å². The summed E-state index contributed by atoms with van der Waals surface area (Å²) in [5.74, 6) is -0.769. The maximum atomic E-state index is 13.1. The molecule has 0 aromatic rings. The molecule has 1 amide bonds. The number of aliphatic hydroxyl groups is 7. The van der Waals surface area contributed by atoms with Crippen LogP contribution in [0.3, 0.4) is 0 Å². The molecule has 45 heavy (non-hydrogen) atoms. The zero-order valence-corrected chi connectivity index (χ0v) is 25.0. The second-order valence-corrected chi connectivity index (χ2v) is 12.5. The smallest absolute Gasteiger partial charge is 0.252 e. The number of nitrogens with two attached hydrogens (primary N) is 5. The third-order valence-electron chi connectivity index (χ3n) is 9.17. The maximum Gasteiger partial charge on any atom is 0.252 e. The van der Waals surface area contributed by atoms with Crippen LogP contribution in [0.5, 0.6) is 0 Å². The minimum absolute atomic E-state index is 0.0147. The van der Waals surface area contributed by atoms with Crippen LogP contribution in [-0.4, -0.2) is 171 Å². The van der Waals surface area contributed by atoms with Crippen molar-refractivity contribution in [1.29, 1.82) is 0 Å². The van der Waals surface area contributed by atoms with Gasteiger partial charge in [0.1, 0.15) is 60.5 Å². The van der Waals surface area contributed by atoms with Gasteiger partial charge in [0.25, 0.3) is 5.91 Å². The summed E-state index contributed by atoms with van der Waals surface area (Å²) in [5.41, 5.74) is 27.8. The van der Waals surface area contributed by atoms with Crippen molar-refractivity contribution >= 4 is 5.91 Å². The summed E-state index contributed by atoms with van der Waals surface area (Å²) in [4.78, 5) is 13.1. The number of carbonyl (C=O) groups is 1. The number of amides is 1. The first-order valence-electron chi connectivity index (χ1n) is 15.3. The molecule has 2 aliphatic heterocycles. The van der Waals surface area contributed by atoms with E-state index in [0.29, 0.717) is 19.5 Å². The van der Waals surface area contributed by atoms with E-state index in [2.05, 4.69) is 10.6 Å². The lowest BCUT2D eigenvalue weighted by Crippen LogP contribution is -2.71. The summed E-state index contributed by atoms with van der Waals surface area (Å²) >= 11 is 0. The fourth-order valence-corrected chi connectivity index (χ4v) is 6.40. The average molecular weight is 654 g/mol. The van der Waals surface area contributed by atoms with E-state index >= 15 is 0 Å². The monoisotopic (exact) mass is 653 g/mol. The Morgan fingerprint density at radius 2 is 1.51 bits per heavy atom. The Morgan fingerprint density at radius 1 is 0.867 bits per heavy atom. The Bertz CT molecular complexity index is 967. The number of aliphatic hydroxyl groups excluding tert-OH is 6. The molecule has 1 unspecified atom stereocenters. The Balaban J connectivity index is 1.58. The molecule has 19 heteroatoms. The molecule has 2 heterocycles. The molecule has 4 fully saturated rings. The predicted molar refractivity (Wildman–Crippen MR) is 153 cm³/mol. The Labute approximate surface area is 260 Å². The third-order valence-corrected chi connectivity index (χ3v) is 9.17. The second kappa shape index (κ2) is 15.3. The summed E-state index contributed by atoms with van der Waals surface area (Å²) in [6.45, 7) is -0.133. The number of hydrogen-bond donors (Lipinski definition) is 14. The lowest BCUT2D eigenvalue weighted by Gasteiger charge is -2.50. The van der Waals surface area contributed by atoms with E-state index in [1.54, 1.807) is 0 Å². The Morgan fingerprint density at radius 3 is 2.11 bits per heavy atom. The normalized spacial score (nSPS) is 48.9. The van der Waals surface area contributed by atoms with Gasteiger partial charge < -0.3 is 94.0 Å². The number of nitrogens with one attached hydrogen (secondary N) is 2. The van der Waals surface area contributed by atoms with Gasteiger partial charge in [0.15, 0.2) is 12.6 Å². The molecule has 4 rings (SSSR count). The molecular weight excluding hydrogens is 602 g/mol. The van der Waals surface area contributed by atoms with Gasteiger partial charge in [0.05, 0.1) is 24.7 Å². The molecule has 2 saturated heterocycles. The summed E-state index contributed by atoms with van der Waals surface area (Å²) < 4.78 is 23.6. The van der Waals surface area contributed by atoms with Crippen LogP contribution in [0.1, 0.15) is 25.7 Å². The van der Waals surface area contributed by atoms with Gasteiger partial charge in [0, 0.05) is 31.5 Å². The van der Waals surface area contributed by atoms with Gasteiger partial charge in [-0.05, 0) is 25.9 Å². The van der Waals surface area contributed by atoms with Gasteiger partial charge in [-0.25, -0.2) is 0 Å². The van der Waals surface area contributed by atoms with Crippen LogP contribution in [0, 0.1) is 0 Å². The van der Waals surface area contributed by atoms with Crippen molar-refractivity contribution in [3.63, 3.8) is 0 Å². The van der Waals surface area contributed by atoms with Crippen LogP contribution >= 0.6 is 0 Å². The number of carbonyl (C=O) groups excluding carboxylic acids is 1. The molecule has 0 bridgehead atoms. The quantitative estimate of drug-likeness (QED) is 0.0869. The molecule has 0 spiro atoms. The first-order chi connectivity index (χ1) is 21.3. The predicted octanol–water partition coefficient (Wildman–Crippen LogP) is -8.34. The van der Waals surface area contributed by atoms with Gasteiger partial charge >= 0.3 is 0 Å². The van der Waals surface area contributed by atoms with Crippen molar-refractivity contribution in [3.05, 3.63) is 0 Å². The largest absolute Gasteiger partial charge is 0.394 e. The van der Waals surface area contributed by atoms with Gasteiger partial charge in [-0.2, -0.15) is 0 Å². The minimum Gasteiger partial charge on any atom is -0.394 e. The molecule has 2 aliphatic carbocycles. The second-order valence-electron chi connectivity index (χ2n) is 12.5. The van der Waals surface area contributed by atoms with Crippen molar-refractivity contribution in [2.75, 3.05) is 26.2 Å². The van der Waals surface area contributed by atoms with E-state index in [1.165, 1.54) is 0 Å². The SMILES string of the molecule is NCCCN[C@H]1[C@@H](OC2[C@@H](N)C[C@@H](NC(=O)C3(O)CC(N)C3)[C@H](O[C@H]3O[C@H](CO)[C@@H](O)[C@H](N)[C@H]3O)[C@H]2O)O[C@H](CN)[C@@H](O)[C@@H]1O. The molecule has 2 saturated carbocycles. The van der Waals surface area contributed by atoms with Crippen molar-refractivity contribution in [2.24, 2.45) is 28.7 Å². The zero-order chi connectivity index (χ0) is 33.2. The fraction of sp³-hybridized carbons (Fsp3) is 0.962. The third kappa shape index (κ3) is 7.76. The lowest BCUT2D eigenvalue weighted by molar-refractivity contribution is -0.321. The summed E-state index contributed by atoms with van der Waals surface area (Å²) in [7, 11) is 0. The zero-order valence-electron chi connectivity index (χ0n) is 25.0. The van der Waals surface area contributed by atoms with Crippen molar-refractivity contribution in [1.82, 2.24) is 10.6 Å². The Kier molecular flexibility index (Phi) is 12.5. The molecule has 4 aliphatic rings. The van der Waals surface area contributed by atoms with Crippen LogP contribution in [0.15, 0.2) is 0 Å². The molecule has 0 aromatic heterocycles. The van der Waals surface area contributed by atoms with Gasteiger partial charge in [-0.1, -0.05) is 0 Å². The molecule has 19 N–H and O–H groups in total. The number of rotatable bonds is 12. The van der Waals surface area contributed by atoms with Crippen molar-refractivity contribution < 1.29 is 59.5 Å². The molecule has 262 valence electrons. The molecular formula is C26H51N7O12. The molecule has 19 nitrogen and oxygen atoms in total. The summed E-state index contributed by atoms with van der Waals surface area (Å²) in [5, 5.41) is 80.1. The molecule has 15 atom stereocenters. The van der Waals surface area contributed by atoms with Crippen LogP contribution in [0.4, 0.5) is 0 Å². The van der Waals surface area contributed by atoms with Crippen LogP contribution in [0.2, 0.25) is 0 Å². The first-order valence-corrected chi connectivity index (χ1v) is 15.3. The van der Waals surface area contributed by atoms with Crippen LogP contribution < -0.4 is 39.3 Å². The highest BCUT2D eigenvalue weighted by Crippen LogP contribution is 2.34. The van der Waals surface area contributed by atoms with Gasteiger partial charge in [0.2, 0.25) is 0 Å². The van der Waals surface area contributed by atoms with E-state index < -0.39 is 110 Å². The van der Waals surface area contributed by atoms with Crippen molar-refractivity contribution in [3.8, 4) is 0 Å². The minimum atomic E-state index is -1.74. The lowest BCUT2D eigenvalue weighted by atomic mass is 9.75. The van der Waals surface area contributed by atoms with E-state index in [4.69, 9.17) is 47.6 Å². The molecule has 0 radical (unpaired) electrons. The topological polar surface area (TPSA) is 350 Å². The highest BCUT2D eigenvalue weighted by atomic mass is 16.7. The number of hydrogen-bond acceptors (Lipinski definition) is 18. The standard InChI is InChI=1S/C26H51N7O12/c27-2-1-3-32-15-19(38)17(36)12(7-28)42-23(15)44-21-10(30)4-11(33-25(40)26(41)5-9(29)6-26)22(20(21)39)45-24-18(37)14(31)16(35)13(8-34)43-24/h9-24,32,34-39,41H,1-8,27-31H2,(H,33,40)/t9?,10-,11+,12+,13+,14-,15+,16+,17+,18+,19+,20-,21?,22-,23+,24+,26?/m0/s1. The summed E-state index contributed by atoms with van der Waals surface area (Å²) in [6.07, 6.45) is -14.7. The highest BCUT2D eigenvalue weighted by molar-refractivity contribution is 5.86. The number of ether oxygens (including phenoxy) is 4. The van der Waals surface area contributed by atoms with Gasteiger partial charge in [-0.3, -0.25) is 4.79 Å². The maximum absolute atomic E-state index is 13.1. The van der Waals surface area contributed by atoms with Crippen LogP contribution in [-0.2, 0) is 23.7 Å². The summed E-state index contributed by atoms with van der Waals surface area (Å²) in [6, 6.07) is -4.70. The van der Waals surface area contributed by atoms with Crippen molar-refractivity contribution in [2.45, 2.75) is 129 Å². The molecule has 0 aromatic carbocycles. The Hall–Kier alpha value is -1.21.